The first-order valence-electron chi connectivity index (χ1n) is 5.45. The van der Waals surface area contributed by atoms with Crippen LogP contribution in [-0.4, -0.2) is 14.4 Å². The average molecular weight is 386 g/mol. The fourth-order valence-corrected chi connectivity index (χ4v) is 2.66. The number of hydrogen-bond acceptors (Lipinski definition) is 4. The van der Waals surface area contributed by atoms with E-state index in [0.29, 0.717) is 22.3 Å². The first kappa shape index (κ1) is 12.5. The van der Waals surface area contributed by atoms with Crippen molar-refractivity contribution < 1.29 is 0 Å². The topological polar surface area (TPSA) is 68.2 Å². The van der Waals surface area contributed by atoms with E-state index in [1.165, 1.54) is 0 Å². The van der Waals surface area contributed by atoms with Crippen molar-refractivity contribution in [1.82, 2.24) is 14.4 Å². The summed E-state index contributed by atoms with van der Waals surface area (Å²) in [6, 6.07) is 5.73. The van der Waals surface area contributed by atoms with E-state index in [9.17, 15) is 0 Å². The predicted molar refractivity (Wildman–Crippen MR) is 84.9 cm³/mol. The third kappa shape index (κ3) is 2.45. The normalized spacial score (nSPS) is 10.8. The van der Waals surface area contributed by atoms with Gasteiger partial charge in [-0.1, -0.05) is 11.6 Å². The maximum Gasteiger partial charge on any atom is 0.180 e. The summed E-state index contributed by atoms with van der Waals surface area (Å²) in [6.45, 7) is 0. The minimum Gasteiger partial charge on any atom is -0.382 e. The number of nitrogens with two attached hydrogens (primary N) is 1. The molecule has 5 nitrogen and oxygen atoms in total. The van der Waals surface area contributed by atoms with E-state index >= 15 is 0 Å². The summed E-state index contributed by atoms with van der Waals surface area (Å²) in [7, 11) is 0. The molecule has 1 aromatic carbocycles. The molecule has 2 aromatic heterocycles. The molecule has 0 amide bonds. The fraction of sp³-hybridized carbons (Fsp3) is 0. The van der Waals surface area contributed by atoms with Crippen LogP contribution in [0.15, 0.2) is 36.8 Å². The molecule has 0 unspecified atom stereocenters. The van der Waals surface area contributed by atoms with Crippen LogP contribution in [0.3, 0.4) is 0 Å². The lowest BCUT2D eigenvalue weighted by Crippen LogP contribution is -2.02. The van der Waals surface area contributed by atoms with Gasteiger partial charge in [0, 0.05) is 16.0 Å². The van der Waals surface area contributed by atoms with Gasteiger partial charge in [-0.25, -0.2) is 9.97 Å². The minimum absolute atomic E-state index is 0.412. The Hall–Kier alpha value is -1.54. The molecule has 7 heteroatoms. The molecule has 0 spiro atoms. The van der Waals surface area contributed by atoms with Gasteiger partial charge >= 0.3 is 0 Å². The van der Waals surface area contributed by atoms with Crippen LogP contribution in [0, 0.1) is 3.57 Å². The van der Waals surface area contributed by atoms with Crippen LogP contribution in [0.25, 0.3) is 5.65 Å². The number of nitrogen functional groups attached to an aromatic ring is 1. The Labute approximate surface area is 128 Å². The molecule has 0 atom stereocenters. The second-order valence-electron chi connectivity index (χ2n) is 3.92. The van der Waals surface area contributed by atoms with Gasteiger partial charge in [-0.15, -0.1) is 0 Å². The van der Waals surface area contributed by atoms with Crippen LogP contribution in [0.1, 0.15) is 0 Å². The molecule has 0 saturated carbocycles. The van der Waals surface area contributed by atoms with Crippen LogP contribution < -0.4 is 11.1 Å². The van der Waals surface area contributed by atoms with Crippen LogP contribution in [0.4, 0.5) is 17.3 Å². The van der Waals surface area contributed by atoms with E-state index in [2.05, 4.69) is 37.9 Å². The van der Waals surface area contributed by atoms with Crippen LogP contribution in [0.5, 0.6) is 0 Å². The molecule has 3 N–H and O–H groups in total. The van der Waals surface area contributed by atoms with Gasteiger partial charge in [0.2, 0.25) is 0 Å². The van der Waals surface area contributed by atoms with Crippen LogP contribution in [-0.2, 0) is 0 Å². The molecule has 19 heavy (non-hydrogen) atoms. The third-order valence-corrected chi connectivity index (χ3v) is 3.56. The number of anilines is 3. The number of nitrogens with one attached hydrogen (secondary N) is 1. The quantitative estimate of drug-likeness (QED) is 0.664. The van der Waals surface area contributed by atoms with Gasteiger partial charge in [0.15, 0.2) is 11.5 Å². The number of fused-ring (bicyclic) bond motifs is 1. The van der Waals surface area contributed by atoms with Gasteiger partial charge in [-0.2, -0.15) is 0 Å². The number of rotatable bonds is 2. The summed E-state index contributed by atoms with van der Waals surface area (Å²) in [6.07, 6.45) is 5.22. The molecular formula is C12H9ClIN5. The summed E-state index contributed by atoms with van der Waals surface area (Å²) in [5.41, 5.74) is 7.23. The highest BCUT2D eigenvalue weighted by Gasteiger charge is 2.08. The molecule has 0 bridgehead atoms. The van der Waals surface area contributed by atoms with E-state index in [0.717, 1.165) is 9.26 Å². The first-order valence-corrected chi connectivity index (χ1v) is 6.90. The molecule has 2 heterocycles. The Morgan fingerprint density at radius 2 is 2.21 bits per heavy atom. The standard InChI is InChI=1S/C12H9ClIN5/c13-8-5-7(14)1-2-9(8)17-11-12-16-3-4-19(12)6-10(15)18-11/h1-6H,15H2,(H,17,18). The Balaban J connectivity index is 2.07. The number of benzene rings is 1. The Morgan fingerprint density at radius 1 is 1.37 bits per heavy atom. The molecule has 0 radical (unpaired) electrons. The van der Waals surface area contributed by atoms with Crippen molar-refractivity contribution in [3.05, 3.63) is 45.4 Å². The van der Waals surface area contributed by atoms with Crippen molar-refractivity contribution in [2.75, 3.05) is 11.1 Å². The second-order valence-corrected chi connectivity index (χ2v) is 5.57. The predicted octanol–water partition coefficient (Wildman–Crippen LogP) is 3.31. The van der Waals surface area contributed by atoms with Gasteiger partial charge in [0.1, 0.15) is 5.82 Å². The SMILES string of the molecule is Nc1cn2ccnc2c(Nc2ccc(I)cc2Cl)n1. The van der Waals surface area contributed by atoms with Crippen molar-refractivity contribution in [2.45, 2.75) is 0 Å². The minimum atomic E-state index is 0.412. The zero-order valence-electron chi connectivity index (χ0n) is 9.64. The molecule has 0 fully saturated rings. The smallest absolute Gasteiger partial charge is 0.180 e. The summed E-state index contributed by atoms with van der Waals surface area (Å²) < 4.78 is 2.88. The van der Waals surface area contributed by atoms with E-state index in [1.807, 2.05) is 28.8 Å². The largest absolute Gasteiger partial charge is 0.382 e. The van der Waals surface area contributed by atoms with Crippen molar-refractivity contribution in [3.63, 3.8) is 0 Å². The van der Waals surface area contributed by atoms with E-state index < -0.39 is 0 Å². The highest BCUT2D eigenvalue weighted by atomic mass is 127. The van der Waals surface area contributed by atoms with Gasteiger partial charge in [0.05, 0.1) is 16.9 Å². The van der Waals surface area contributed by atoms with Gasteiger partial charge in [-0.05, 0) is 40.8 Å². The number of halogens is 2. The second kappa shape index (κ2) is 4.86. The molecule has 0 saturated heterocycles. The van der Waals surface area contributed by atoms with Crippen molar-refractivity contribution in [1.29, 1.82) is 0 Å². The molecule has 96 valence electrons. The van der Waals surface area contributed by atoms with Gasteiger partial charge in [-0.3, -0.25) is 0 Å². The number of nitrogens with zero attached hydrogens (tertiary/aromatic N) is 3. The van der Waals surface area contributed by atoms with Gasteiger partial charge < -0.3 is 15.5 Å². The van der Waals surface area contributed by atoms with E-state index in [-0.39, 0.29) is 0 Å². The van der Waals surface area contributed by atoms with E-state index in [1.54, 1.807) is 12.4 Å². The number of imidazole rings is 1. The summed E-state index contributed by atoms with van der Waals surface area (Å²) in [5, 5.41) is 3.79. The average Bonchev–Trinajstić information content (AvgIpc) is 2.80. The molecular weight excluding hydrogens is 377 g/mol. The molecule has 3 rings (SSSR count). The monoisotopic (exact) mass is 385 g/mol. The lowest BCUT2D eigenvalue weighted by atomic mass is 10.3. The Morgan fingerprint density at radius 3 is 3.00 bits per heavy atom. The number of aromatic nitrogens is 3. The Bertz CT molecular complexity index is 755. The zero-order chi connectivity index (χ0) is 13.4. The zero-order valence-corrected chi connectivity index (χ0v) is 12.6. The summed E-state index contributed by atoms with van der Waals surface area (Å²) in [5.74, 6) is 0.989. The van der Waals surface area contributed by atoms with E-state index in [4.69, 9.17) is 17.3 Å². The molecule has 0 aliphatic heterocycles. The maximum atomic E-state index is 6.19. The van der Waals surface area contributed by atoms with Crippen LogP contribution >= 0.6 is 34.2 Å². The third-order valence-electron chi connectivity index (χ3n) is 2.58. The summed E-state index contributed by atoms with van der Waals surface area (Å²) in [4.78, 5) is 8.50. The summed E-state index contributed by atoms with van der Waals surface area (Å²) >= 11 is 8.40. The lowest BCUT2D eigenvalue weighted by Gasteiger charge is -2.09. The molecule has 3 aromatic rings. The maximum absolute atomic E-state index is 6.19. The highest BCUT2D eigenvalue weighted by molar-refractivity contribution is 14.1. The Kier molecular flexibility index (Phi) is 3.19. The van der Waals surface area contributed by atoms with Crippen molar-refractivity contribution >= 4 is 57.2 Å². The first-order chi connectivity index (χ1) is 9.13. The van der Waals surface area contributed by atoms with Crippen LogP contribution in [0.2, 0.25) is 5.02 Å². The molecule has 0 aliphatic rings. The molecule has 0 aliphatic carbocycles. The fourth-order valence-electron chi connectivity index (χ4n) is 1.75. The number of hydrogen-bond donors (Lipinski definition) is 2. The van der Waals surface area contributed by atoms with Crippen molar-refractivity contribution in [2.24, 2.45) is 0 Å². The van der Waals surface area contributed by atoms with Gasteiger partial charge in [0.25, 0.3) is 0 Å². The van der Waals surface area contributed by atoms with Crippen molar-refractivity contribution in [3.8, 4) is 0 Å². The lowest BCUT2D eigenvalue weighted by molar-refractivity contribution is 1.14. The highest BCUT2D eigenvalue weighted by Crippen LogP contribution is 2.28.